The Bertz CT molecular complexity index is 1370. The molecule has 1 aromatic carbocycles. The van der Waals surface area contributed by atoms with Gasteiger partial charge >= 0.3 is 12.1 Å². The fraction of sp³-hybridized carbons (Fsp3) is 0.478. The van der Waals surface area contributed by atoms with Gasteiger partial charge in [0.15, 0.2) is 22.9 Å². The Morgan fingerprint density at radius 2 is 1.78 bits per heavy atom. The van der Waals surface area contributed by atoms with Crippen molar-refractivity contribution in [2.45, 2.75) is 43.4 Å². The van der Waals surface area contributed by atoms with Crippen LogP contribution >= 0.6 is 11.8 Å². The molecule has 4 aromatic rings. The van der Waals surface area contributed by atoms with Gasteiger partial charge in [-0.25, -0.2) is 9.97 Å². The van der Waals surface area contributed by atoms with Gasteiger partial charge in [-0.05, 0) is 56.0 Å². The van der Waals surface area contributed by atoms with Crippen molar-refractivity contribution in [3.8, 4) is 11.6 Å². The molecule has 0 N–H and O–H groups in total. The van der Waals surface area contributed by atoms with Crippen LogP contribution in [0.25, 0.3) is 22.7 Å². The average molecular weight is 543 g/mol. The van der Waals surface area contributed by atoms with Crippen molar-refractivity contribution in [2.24, 2.45) is 7.05 Å². The molecule has 14 heteroatoms. The molecule has 1 aliphatic heterocycles. The van der Waals surface area contributed by atoms with Crippen molar-refractivity contribution in [3.63, 3.8) is 0 Å². The van der Waals surface area contributed by atoms with E-state index in [-0.39, 0.29) is 11.1 Å². The van der Waals surface area contributed by atoms with E-state index in [1.807, 2.05) is 18.5 Å². The molecule has 4 heterocycles. The third-order valence-electron chi connectivity index (χ3n) is 6.36. The maximum atomic E-state index is 13.6. The molecule has 198 valence electrons. The average Bonchev–Trinajstić information content (AvgIpc) is 3.51. The van der Waals surface area contributed by atoms with Gasteiger partial charge in [-0.3, -0.25) is 0 Å². The number of alkyl halides is 5. The maximum Gasteiger partial charge on any atom is 0.463 e. The van der Waals surface area contributed by atoms with Gasteiger partial charge in [0.1, 0.15) is 5.52 Å². The van der Waals surface area contributed by atoms with E-state index in [2.05, 4.69) is 25.1 Å². The Morgan fingerprint density at radius 3 is 2.46 bits per heavy atom. The van der Waals surface area contributed by atoms with Crippen molar-refractivity contribution >= 4 is 22.9 Å². The first-order valence-electron chi connectivity index (χ1n) is 11.6. The largest absolute Gasteiger partial charge is 0.463 e. The molecular weight excluding hydrogens is 519 g/mol. The number of aryl methyl sites for hydroxylation is 1. The number of hydrogen-bond acceptors (Lipinski definition) is 8. The van der Waals surface area contributed by atoms with E-state index in [1.54, 1.807) is 17.8 Å². The number of rotatable bonds is 7. The number of nitrogens with zero attached hydrogens (tertiary/aromatic N) is 6. The smallest absolute Gasteiger partial charge is 0.440 e. The second-order valence-corrected chi connectivity index (χ2v) is 9.92. The molecule has 0 saturated heterocycles. The van der Waals surface area contributed by atoms with Crippen LogP contribution < -0.4 is 0 Å². The molecule has 8 nitrogen and oxygen atoms in total. The molecule has 0 aliphatic carbocycles. The Kier molecular flexibility index (Phi) is 6.73. The first-order chi connectivity index (χ1) is 17.5. The van der Waals surface area contributed by atoms with Gasteiger partial charge in [-0.15, -0.1) is 10.2 Å². The molecule has 0 amide bonds. The van der Waals surface area contributed by atoms with Crippen molar-refractivity contribution in [2.75, 3.05) is 25.4 Å². The highest BCUT2D eigenvalue weighted by atomic mass is 32.2. The number of halogens is 5. The van der Waals surface area contributed by atoms with E-state index >= 15 is 0 Å². The second-order valence-electron chi connectivity index (χ2n) is 8.86. The Hall–Kier alpha value is -3.00. The summed E-state index contributed by atoms with van der Waals surface area (Å²) >= 11 is 1.60. The van der Waals surface area contributed by atoms with Crippen LogP contribution in [0.15, 0.2) is 32.5 Å². The van der Waals surface area contributed by atoms with Crippen molar-refractivity contribution < 1.29 is 30.8 Å². The van der Waals surface area contributed by atoms with Crippen LogP contribution in [-0.4, -0.2) is 61.2 Å². The van der Waals surface area contributed by atoms with Crippen molar-refractivity contribution in [3.05, 3.63) is 41.2 Å². The van der Waals surface area contributed by atoms with Gasteiger partial charge < -0.3 is 18.3 Å². The summed E-state index contributed by atoms with van der Waals surface area (Å²) in [5, 5.41) is 9.23. The van der Waals surface area contributed by atoms with Crippen LogP contribution in [0, 0.1) is 6.92 Å². The molecule has 0 spiro atoms. The fourth-order valence-corrected chi connectivity index (χ4v) is 5.11. The predicted molar refractivity (Wildman–Crippen MR) is 124 cm³/mol. The quantitative estimate of drug-likeness (QED) is 0.180. The van der Waals surface area contributed by atoms with E-state index in [0.717, 1.165) is 53.8 Å². The number of fused-ring (bicyclic) bond motifs is 2. The zero-order valence-corrected chi connectivity index (χ0v) is 20.8. The molecule has 0 saturated carbocycles. The first kappa shape index (κ1) is 25.6. The van der Waals surface area contributed by atoms with E-state index in [0.29, 0.717) is 24.4 Å². The molecule has 0 fully saturated rings. The summed E-state index contributed by atoms with van der Waals surface area (Å²) in [6.07, 6.45) is -2.21. The molecule has 0 radical (unpaired) electrons. The van der Waals surface area contributed by atoms with Crippen LogP contribution in [0.2, 0.25) is 0 Å². The number of aromatic nitrogens is 5. The summed E-state index contributed by atoms with van der Waals surface area (Å²) in [6.45, 7) is 4.17. The number of thioether (sulfide) groups is 1. The lowest BCUT2D eigenvalue weighted by Gasteiger charge is -2.19. The van der Waals surface area contributed by atoms with Crippen LogP contribution in [0.1, 0.15) is 29.1 Å². The van der Waals surface area contributed by atoms with Gasteiger partial charge in [-0.1, -0.05) is 11.8 Å². The molecule has 1 aliphatic rings. The van der Waals surface area contributed by atoms with Gasteiger partial charge in [-0.2, -0.15) is 22.0 Å². The predicted octanol–water partition coefficient (Wildman–Crippen LogP) is 5.16. The van der Waals surface area contributed by atoms with E-state index in [1.165, 1.54) is 12.5 Å². The molecule has 37 heavy (non-hydrogen) atoms. The Morgan fingerprint density at radius 1 is 1.05 bits per heavy atom. The van der Waals surface area contributed by atoms with Gasteiger partial charge in [0.2, 0.25) is 5.82 Å². The zero-order valence-electron chi connectivity index (χ0n) is 20.0. The summed E-state index contributed by atoms with van der Waals surface area (Å²) in [5.74, 6) is -4.71. The minimum atomic E-state index is -5.77. The summed E-state index contributed by atoms with van der Waals surface area (Å²) in [5.41, 5.74) is 2.44. The molecule has 0 bridgehead atoms. The SMILES string of the molecule is Cc1ncoc1-c1nnc(SCCCN2CCc3cc4nc(C(F)(F)C(F)(F)F)oc4cc3CC2)n1C. The van der Waals surface area contributed by atoms with E-state index in [9.17, 15) is 22.0 Å². The van der Waals surface area contributed by atoms with Crippen molar-refractivity contribution in [1.82, 2.24) is 29.6 Å². The second kappa shape index (κ2) is 9.71. The summed E-state index contributed by atoms with van der Waals surface area (Å²) in [6, 6.07) is 3.10. The molecule has 0 atom stereocenters. The monoisotopic (exact) mass is 542 g/mol. The number of hydrogen-bond donors (Lipinski definition) is 0. The normalized spacial score (nSPS) is 15.3. The zero-order chi connectivity index (χ0) is 26.4. The highest BCUT2D eigenvalue weighted by Gasteiger charge is 2.62. The van der Waals surface area contributed by atoms with Crippen LogP contribution in [-0.2, 0) is 25.8 Å². The number of oxazole rings is 2. The lowest BCUT2D eigenvalue weighted by atomic mass is 10.0. The Balaban J connectivity index is 1.17. The highest BCUT2D eigenvalue weighted by Crippen LogP contribution is 2.44. The van der Waals surface area contributed by atoms with Crippen LogP contribution in [0.4, 0.5) is 22.0 Å². The highest BCUT2D eigenvalue weighted by molar-refractivity contribution is 7.99. The van der Waals surface area contributed by atoms with Crippen LogP contribution in [0.3, 0.4) is 0 Å². The van der Waals surface area contributed by atoms with Crippen LogP contribution in [0.5, 0.6) is 0 Å². The summed E-state index contributed by atoms with van der Waals surface area (Å²) in [4.78, 5) is 9.85. The third kappa shape index (κ3) is 4.96. The van der Waals surface area contributed by atoms with E-state index in [4.69, 9.17) is 8.83 Å². The molecular formula is C23H23F5N6O2S. The minimum absolute atomic E-state index is 0.00564. The minimum Gasteiger partial charge on any atom is -0.440 e. The summed E-state index contributed by atoms with van der Waals surface area (Å²) in [7, 11) is 1.88. The first-order valence-corrected chi connectivity index (χ1v) is 12.6. The Labute approximate surface area is 212 Å². The fourth-order valence-electron chi connectivity index (χ4n) is 4.28. The molecule has 5 rings (SSSR count). The summed E-state index contributed by atoms with van der Waals surface area (Å²) < 4.78 is 77.5. The standard InChI is InChI=1S/C23H23F5N6O2S/c1-13-18(35-12-29-13)19-31-32-21(33(19)2)37-9-3-6-34-7-4-14-10-16-17(11-15(14)5-8-34)36-20(30-16)22(24,25)23(26,27)28/h10-12H,3-9H2,1-2H3. The van der Waals surface area contributed by atoms with E-state index < -0.39 is 18.0 Å². The molecule has 3 aromatic heterocycles. The maximum absolute atomic E-state index is 13.6. The van der Waals surface area contributed by atoms with Gasteiger partial charge in [0, 0.05) is 25.9 Å². The third-order valence-corrected chi connectivity index (χ3v) is 7.47. The van der Waals surface area contributed by atoms with Gasteiger partial charge in [0.05, 0.1) is 5.69 Å². The lowest BCUT2D eigenvalue weighted by Crippen LogP contribution is -2.33. The topological polar surface area (TPSA) is 86.0 Å². The van der Waals surface area contributed by atoms with Crippen molar-refractivity contribution in [1.29, 1.82) is 0 Å². The number of benzene rings is 1. The van der Waals surface area contributed by atoms with Gasteiger partial charge in [0.25, 0.3) is 5.89 Å². The lowest BCUT2D eigenvalue weighted by molar-refractivity contribution is -0.297. The molecule has 0 unspecified atom stereocenters.